The van der Waals surface area contributed by atoms with E-state index in [4.69, 9.17) is 11.6 Å². The first-order chi connectivity index (χ1) is 9.65. The summed E-state index contributed by atoms with van der Waals surface area (Å²) in [7, 11) is 0. The second-order valence-electron chi connectivity index (χ2n) is 5.98. The number of carbonyl (C=O) groups is 1. The van der Waals surface area contributed by atoms with Gasteiger partial charge in [-0.05, 0) is 56.0 Å². The third-order valence-corrected chi connectivity index (χ3v) is 5.95. The number of halogens is 2. The average Bonchev–Trinajstić information content (AvgIpc) is 3.24. The number of aryl methyl sites for hydroxylation is 1. The fraction of sp³-hybridized carbons (Fsp3) is 0.667. The van der Waals surface area contributed by atoms with Gasteiger partial charge in [-0.15, -0.1) is 23.7 Å². The SMILES string of the molecule is Cc1csc(C(=O)N2CCC(NCC3CC3)CC2)c1Cl.Cl. The highest BCUT2D eigenvalue weighted by atomic mass is 35.5. The van der Waals surface area contributed by atoms with E-state index in [1.807, 2.05) is 17.2 Å². The van der Waals surface area contributed by atoms with Gasteiger partial charge in [-0.1, -0.05) is 11.6 Å². The monoisotopic (exact) mass is 348 g/mol. The second-order valence-corrected chi connectivity index (χ2v) is 7.24. The largest absolute Gasteiger partial charge is 0.338 e. The summed E-state index contributed by atoms with van der Waals surface area (Å²) in [6, 6.07) is 0.584. The van der Waals surface area contributed by atoms with Crippen LogP contribution in [0.4, 0.5) is 0 Å². The number of carbonyl (C=O) groups excluding carboxylic acids is 1. The Bertz CT molecular complexity index is 494. The van der Waals surface area contributed by atoms with E-state index in [9.17, 15) is 4.79 Å². The average molecular weight is 349 g/mol. The topological polar surface area (TPSA) is 32.3 Å². The van der Waals surface area contributed by atoms with E-state index >= 15 is 0 Å². The standard InChI is InChI=1S/C15H21ClN2OS.ClH/c1-10-9-20-14(13(10)16)15(19)18-6-4-12(5-7-18)17-8-11-2-3-11;/h9,11-12,17H,2-8H2,1H3;1H. The van der Waals surface area contributed by atoms with Gasteiger partial charge < -0.3 is 10.2 Å². The third-order valence-electron chi connectivity index (χ3n) is 4.27. The molecule has 1 N–H and O–H groups in total. The van der Waals surface area contributed by atoms with Gasteiger partial charge in [0, 0.05) is 19.1 Å². The van der Waals surface area contributed by atoms with E-state index in [1.165, 1.54) is 24.2 Å². The molecule has 2 fully saturated rings. The minimum atomic E-state index is 0. The Morgan fingerprint density at radius 2 is 2.05 bits per heavy atom. The van der Waals surface area contributed by atoms with Gasteiger partial charge in [0.05, 0.1) is 5.02 Å². The van der Waals surface area contributed by atoms with Crippen LogP contribution in [0.25, 0.3) is 0 Å². The van der Waals surface area contributed by atoms with Crippen LogP contribution < -0.4 is 5.32 Å². The summed E-state index contributed by atoms with van der Waals surface area (Å²) in [4.78, 5) is 15.1. The molecule has 1 saturated heterocycles. The molecule has 0 spiro atoms. The zero-order valence-electron chi connectivity index (χ0n) is 12.2. The lowest BCUT2D eigenvalue weighted by molar-refractivity contribution is 0.0710. The molecule has 1 aromatic heterocycles. The molecule has 1 aromatic rings. The summed E-state index contributed by atoms with van der Waals surface area (Å²) in [5, 5.41) is 6.23. The van der Waals surface area contributed by atoms with E-state index < -0.39 is 0 Å². The second kappa shape index (κ2) is 7.32. The number of hydrogen-bond donors (Lipinski definition) is 1. The molecule has 1 saturated carbocycles. The van der Waals surface area contributed by atoms with Crippen LogP contribution in [0.1, 0.15) is 40.9 Å². The van der Waals surface area contributed by atoms with Gasteiger partial charge in [0.15, 0.2) is 0 Å². The number of rotatable bonds is 4. The number of amides is 1. The number of likely N-dealkylation sites (tertiary alicyclic amines) is 1. The molecule has 0 unspecified atom stereocenters. The maximum atomic E-state index is 12.4. The minimum Gasteiger partial charge on any atom is -0.338 e. The highest BCUT2D eigenvalue weighted by molar-refractivity contribution is 7.13. The van der Waals surface area contributed by atoms with Gasteiger partial charge in [0.1, 0.15) is 4.88 Å². The zero-order valence-corrected chi connectivity index (χ0v) is 14.6. The van der Waals surface area contributed by atoms with Crippen molar-refractivity contribution in [1.82, 2.24) is 10.2 Å². The molecule has 3 rings (SSSR count). The first kappa shape index (κ1) is 17.1. The van der Waals surface area contributed by atoms with Gasteiger partial charge in [-0.2, -0.15) is 0 Å². The smallest absolute Gasteiger partial charge is 0.265 e. The summed E-state index contributed by atoms with van der Waals surface area (Å²) in [5.41, 5.74) is 1.00. The summed E-state index contributed by atoms with van der Waals surface area (Å²) in [6.45, 7) is 4.79. The number of nitrogens with zero attached hydrogens (tertiary/aromatic N) is 1. The van der Waals surface area contributed by atoms with Gasteiger partial charge in [-0.3, -0.25) is 4.79 Å². The van der Waals surface area contributed by atoms with Crippen LogP contribution in [0.5, 0.6) is 0 Å². The maximum Gasteiger partial charge on any atom is 0.265 e. The molecule has 6 heteroatoms. The Morgan fingerprint density at radius 3 is 2.57 bits per heavy atom. The number of nitrogens with one attached hydrogen (secondary N) is 1. The molecule has 2 aliphatic rings. The fourth-order valence-corrected chi connectivity index (χ4v) is 3.90. The lowest BCUT2D eigenvalue weighted by atomic mass is 10.0. The molecular formula is C15H22Cl2N2OS. The molecule has 0 atom stereocenters. The van der Waals surface area contributed by atoms with Gasteiger partial charge in [0.2, 0.25) is 0 Å². The molecule has 0 radical (unpaired) electrons. The third kappa shape index (κ3) is 4.13. The lowest BCUT2D eigenvalue weighted by Crippen LogP contribution is -2.45. The van der Waals surface area contributed by atoms with Gasteiger partial charge in [0.25, 0.3) is 5.91 Å². The van der Waals surface area contributed by atoms with Crippen molar-refractivity contribution in [3.8, 4) is 0 Å². The van der Waals surface area contributed by atoms with Crippen molar-refractivity contribution in [2.75, 3.05) is 19.6 Å². The molecule has 3 nitrogen and oxygen atoms in total. The van der Waals surface area contributed by atoms with E-state index in [2.05, 4.69) is 5.32 Å². The summed E-state index contributed by atoms with van der Waals surface area (Å²) in [5.74, 6) is 1.02. The van der Waals surface area contributed by atoms with E-state index in [-0.39, 0.29) is 18.3 Å². The highest BCUT2D eigenvalue weighted by Gasteiger charge is 2.27. The van der Waals surface area contributed by atoms with Gasteiger partial charge in [-0.25, -0.2) is 0 Å². The molecule has 0 bridgehead atoms. The van der Waals surface area contributed by atoms with Crippen LogP contribution >= 0.6 is 35.3 Å². The molecule has 21 heavy (non-hydrogen) atoms. The quantitative estimate of drug-likeness (QED) is 0.898. The molecule has 1 aliphatic carbocycles. The van der Waals surface area contributed by atoms with Crippen molar-refractivity contribution < 1.29 is 4.79 Å². The van der Waals surface area contributed by atoms with Crippen molar-refractivity contribution in [3.05, 3.63) is 20.8 Å². The van der Waals surface area contributed by atoms with E-state index in [1.54, 1.807) is 0 Å². The first-order valence-electron chi connectivity index (χ1n) is 7.41. The van der Waals surface area contributed by atoms with Crippen LogP contribution in [0.15, 0.2) is 5.38 Å². The van der Waals surface area contributed by atoms with Crippen molar-refractivity contribution >= 4 is 41.3 Å². The van der Waals surface area contributed by atoms with Crippen molar-refractivity contribution in [2.24, 2.45) is 5.92 Å². The minimum absolute atomic E-state index is 0. The predicted molar refractivity (Wildman–Crippen MR) is 91.0 cm³/mol. The Balaban J connectivity index is 0.00000161. The van der Waals surface area contributed by atoms with Crippen LogP contribution in [0.3, 0.4) is 0 Å². The Morgan fingerprint density at radius 1 is 1.38 bits per heavy atom. The van der Waals surface area contributed by atoms with Gasteiger partial charge >= 0.3 is 0 Å². The Kier molecular flexibility index (Phi) is 5.95. The van der Waals surface area contributed by atoms with Crippen molar-refractivity contribution in [1.29, 1.82) is 0 Å². The number of thiophene rings is 1. The molecular weight excluding hydrogens is 327 g/mol. The summed E-state index contributed by atoms with van der Waals surface area (Å²) in [6.07, 6.45) is 4.89. The molecule has 1 amide bonds. The van der Waals surface area contributed by atoms with E-state index in [0.717, 1.165) is 44.0 Å². The molecule has 1 aliphatic heterocycles. The number of hydrogen-bond acceptors (Lipinski definition) is 3. The van der Waals surface area contributed by atoms with Crippen LogP contribution in [0, 0.1) is 12.8 Å². The fourth-order valence-electron chi connectivity index (χ4n) is 2.66. The van der Waals surface area contributed by atoms with Crippen LogP contribution in [-0.4, -0.2) is 36.5 Å². The zero-order chi connectivity index (χ0) is 14.1. The normalized spacial score (nSPS) is 19.4. The highest BCUT2D eigenvalue weighted by Crippen LogP contribution is 2.30. The van der Waals surface area contributed by atoms with Crippen molar-refractivity contribution in [2.45, 2.75) is 38.6 Å². The Hall–Kier alpha value is -0.290. The number of piperidine rings is 1. The molecule has 118 valence electrons. The summed E-state index contributed by atoms with van der Waals surface area (Å²) < 4.78 is 0. The van der Waals surface area contributed by atoms with Crippen molar-refractivity contribution in [3.63, 3.8) is 0 Å². The predicted octanol–water partition coefficient (Wildman–Crippen LogP) is 3.74. The molecule has 2 heterocycles. The Labute approximate surface area is 141 Å². The summed E-state index contributed by atoms with van der Waals surface area (Å²) >= 11 is 7.66. The van der Waals surface area contributed by atoms with Crippen LogP contribution in [0.2, 0.25) is 5.02 Å². The van der Waals surface area contributed by atoms with Crippen LogP contribution in [-0.2, 0) is 0 Å². The first-order valence-corrected chi connectivity index (χ1v) is 8.67. The molecule has 0 aromatic carbocycles. The van der Waals surface area contributed by atoms with E-state index in [0.29, 0.717) is 15.9 Å². The lowest BCUT2D eigenvalue weighted by Gasteiger charge is -2.32. The maximum absolute atomic E-state index is 12.4.